The predicted octanol–water partition coefficient (Wildman–Crippen LogP) is 8.62. The van der Waals surface area contributed by atoms with Crippen molar-refractivity contribution < 1.29 is 16.1 Å². The normalized spacial score (nSPS) is 21.6. The second-order valence-electron chi connectivity index (χ2n) is 5.72. The van der Waals surface area contributed by atoms with Crippen LogP contribution in [0.3, 0.4) is 0 Å². The Kier molecular flexibility index (Phi) is 7.02. The van der Waals surface area contributed by atoms with E-state index in [1.807, 2.05) is 0 Å². The average Bonchev–Trinajstić information content (AvgIpc) is 2.65. The molecule has 1 N–H and O–H groups in total. The van der Waals surface area contributed by atoms with Crippen LogP contribution in [0.15, 0.2) is 57.5 Å². The Labute approximate surface area is 199 Å². The van der Waals surface area contributed by atoms with Gasteiger partial charge in [0.2, 0.25) is 1.43 Å². The monoisotopic (exact) mass is 623 g/mol. The fourth-order valence-electron chi connectivity index (χ4n) is 1.20. The van der Waals surface area contributed by atoms with E-state index in [0.29, 0.717) is 5.56 Å². The molecule has 1 nitrogen and oxygen atoms in total. The highest BCUT2D eigenvalue weighted by atomic mass is 79.9. The third-order valence-electron chi connectivity index (χ3n) is 2.20. The van der Waals surface area contributed by atoms with Crippen LogP contribution in [0, 0.1) is 0 Å². The minimum Gasteiger partial charge on any atom is -0.389 e. The van der Waals surface area contributed by atoms with Gasteiger partial charge in [0.25, 0.3) is 0 Å². The highest BCUT2D eigenvalue weighted by Gasteiger charge is 2.03. The standard InChI is InChI=1S/C8H8Br2.C8H9BrO.C3H9BrSi/c1-6(9)7-2-4-8(10)5-3-7;1-6(10)7-2-4-8(9)5-3-7;1-5(2,3)4/h2-6H,1H3;2-6,10H,1H3;1-3H3/i1D3,6D;1D3,6D,10D;. The first-order valence-electron chi connectivity index (χ1n) is 11.5. The van der Waals surface area contributed by atoms with Gasteiger partial charge in [-0.15, -0.1) is 15.3 Å². The molecule has 25 heavy (non-hydrogen) atoms. The first kappa shape index (κ1) is 13.7. The Hall–Kier alpha value is 0.537. The zero-order valence-electron chi connectivity index (χ0n) is 23.0. The summed E-state index contributed by atoms with van der Waals surface area (Å²) in [6, 6.07) is 12.7. The van der Waals surface area contributed by atoms with Gasteiger partial charge in [0.05, 0.1) is 7.45 Å². The van der Waals surface area contributed by atoms with E-state index in [1.165, 1.54) is 12.1 Å². The van der Waals surface area contributed by atoms with Crippen LogP contribution in [0.5, 0.6) is 0 Å². The lowest BCUT2D eigenvalue weighted by Gasteiger charge is -2.02. The zero-order chi connectivity index (χ0) is 27.2. The number of hydrogen-bond donors (Lipinski definition) is 1. The molecule has 2 rings (SSSR count). The first-order chi connectivity index (χ1) is 15.1. The molecule has 0 fully saturated rings. The summed E-state index contributed by atoms with van der Waals surface area (Å²) >= 11 is 12.9. The van der Waals surface area contributed by atoms with Crippen LogP contribution in [0.25, 0.3) is 0 Å². The summed E-state index contributed by atoms with van der Waals surface area (Å²) in [7, 11) is 0. The topological polar surface area (TPSA) is 20.2 Å². The molecule has 6 heteroatoms. The summed E-state index contributed by atoms with van der Waals surface area (Å²) < 4.78 is 66.9. The molecule has 0 radical (unpaired) electrons. The molecule has 0 heterocycles. The van der Waals surface area contributed by atoms with Crippen molar-refractivity contribution in [1.82, 2.24) is 0 Å². The van der Waals surface area contributed by atoms with E-state index in [4.69, 9.17) is 12.4 Å². The molecular formula is C19H26Br4OSi. The lowest BCUT2D eigenvalue weighted by Crippen LogP contribution is -2.05. The Morgan fingerprint density at radius 3 is 1.64 bits per heavy atom. The highest BCUT2D eigenvalue weighted by molar-refractivity contribution is 9.26. The molecule has 2 aromatic rings. The van der Waals surface area contributed by atoms with E-state index in [1.54, 1.807) is 36.4 Å². The van der Waals surface area contributed by atoms with Crippen molar-refractivity contribution in [2.45, 2.75) is 44.2 Å². The number of hydrogen-bond acceptors (Lipinski definition) is 1. The molecule has 0 aliphatic carbocycles. The fourth-order valence-corrected chi connectivity index (χ4v) is 1.99. The van der Waals surface area contributed by atoms with Crippen molar-refractivity contribution >= 4 is 69.8 Å². The van der Waals surface area contributed by atoms with Gasteiger partial charge in [0, 0.05) is 23.3 Å². The molecule has 140 valence electrons. The maximum absolute atomic E-state index is 7.73. The second-order valence-corrected chi connectivity index (χ2v) is 19.6. The third-order valence-corrected chi connectivity index (χ3v) is 3.72. The molecule has 0 bridgehead atoms. The number of aliphatic hydroxyl groups is 1. The van der Waals surface area contributed by atoms with Crippen LogP contribution in [-0.4, -0.2) is 13.2 Å². The van der Waals surface area contributed by atoms with Crippen LogP contribution in [0.4, 0.5) is 0 Å². The molecule has 0 spiro atoms. The van der Waals surface area contributed by atoms with Gasteiger partial charge in [-0.3, -0.25) is 0 Å². The van der Waals surface area contributed by atoms with E-state index in [0.717, 1.165) is 8.95 Å². The van der Waals surface area contributed by atoms with Crippen LogP contribution >= 0.6 is 63.1 Å². The van der Waals surface area contributed by atoms with Crippen molar-refractivity contribution in [2.24, 2.45) is 0 Å². The van der Waals surface area contributed by atoms with E-state index in [2.05, 4.69) is 87.8 Å². The molecule has 0 aromatic heterocycles. The number of benzene rings is 2. The SMILES string of the molecule is C[Si](C)(C)Br.[2H]C([2H])([2H])C([2H])(Br)c1ccc(Br)cc1.[2H]OC([2H])(c1ccc(Br)cc1)C([2H])([2H])[2H]. The van der Waals surface area contributed by atoms with Gasteiger partial charge in [-0.1, -0.05) is 91.7 Å². The van der Waals surface area contributed by atoms with Gasteiger partial charge in [0.1, 0.15) is 6.69 Å². The minimum absolute atomic E-state index is 0.126. The molecule has 0 saturated carbocycles. The Bertz CT molecular complexity index is 877. The van der Waals surface area contributed by atoms with Gasteiger partial charge < -0.3 is 5.11 Å². The Balaban J connectivity index is 0.000000537. The smallest absolute Gasteiger partial charge is 0.211 e. The summed E-state index contributed by atoms with van der Waals surface area (Å²) in [6.07, 6.45) is -2.34. The van der Waals surface area contributed by atoms with Crippen LogP contribution in [0.2, 0.25) is 19.6 Å². The summed E-state index contributed by atoms with van der Waals surface area (Å²) in [6.45, 7) is 0.837. The number of rotatable bonds is 3. The van der Waals surface area contributed by atoms with E-state index < -0.39 is 31.3 Å². The van der Waals surface area contributed by atoms with Gasteiger partial charge in [-0.2, -0.15) is 0 Å². The van der Waals surface area contributed by atoms with E-state index >= 15 is 0 Å². The Morgan fingerprint density at radius 1 is 0.920 bits per heavy atom. The lowest BCUT2D eigenvalue weighted by molar-refractivity contribution is 0.199. The van der Waals surface area contributed by atoms with Gasteiger partial charge in [-0.05, 0) is 49.1 Å². The Morgan fingerprint density at radius 2 is 1.32 bits per heavy atom. The molecule has 0 aliphatic rings. The summed E-state index contributed by atoms with van der Waals surface area (Å²) in [5, 5.41) is 4.07. The molecule has 0 aliphatic heterocycles. The van der Waals surface area contributed by atoms with Gasteiger partial charge >= 0.3 is 0 Å². The summed E-state index contributed by atoms with van der Waals surface area (Å²) in [5.41, 5.74) is 0.543. The van der Waals surface area contributed by atoms with Crippen molar-refractivity contribution in [3.05, 3.63) is 68.6 Å². The summed E-state index contributed by atoms with van der Waals surface area (Å²) in [4.78, 5) is -1.74. The number of halogens is 4. The zero-order valence-corrected chi connectivity index (χ0v) is 21.4. The van der Waals surface area contributed by atoms with Crippen LogP contribution in [-0.2, 0) is 0 Å². The summed E-state index contributed by atoms with van der Waals surface area (Å²) in [5.74, 6) is 0. The maximum atomic E-state index is 7.73. The first-order valence-corrected chi connectivity index (χ1v) is 15.2. The lowest BCUT2D eigenvalue weighted by atomic mass is 10.1. The van der Waals surface area contributed by atoms with Gasteiger partial charge in [0.15, 0.2) is 0 Å². The fraction of sp³-hybridized carbons (Fsp3) is 0.368. The number of alkyl halides is 1. The van der Waals surface area contributed by atoms with Crippen molar-refractivity contribution in [3.63, 3.8) is 0 Å². The van der Waals surface area contributed by atoms with Crippen molar-refractivity contribution in [3.8, 4) is 0 Å². The van der Waals surface area contributed by atoms with E-state index in [-0.39, 0.29) is 5.56 Å². The second kappa shape index (κ2) is 12.8. The largest absolute Gasteiger partial charge is 0.389 e. The molecule has 2 unspecified atom stereocenters. The molecule has 0 saturated heterocycles. The molecule has 0 amide bonds. The van der Waals surface area contributed by atoms with Crippen LogP contribution < -0.4 is 0 Å². The van der Waals surface area contributed by atoms with E-state index in [9.17, 15) is 0 Å². The predicted molar refractivity (Wildman–Crippen MR) is 129 cm³/mol. The molecular weight excluding hydrogens is 592 g/mol. The maximum Gasteiger partial charge on any atom is 0.211 e. The van der Waals surface area contributed by atoms with Crippen molar-refractivity contribution in [1.29, 1.82) is 1.43 Å². The average molecular weight is 627 g/mol. The van der Waals surface area contributed by atoms with Crippen LogP contribution in [0.1, 0.15) is 46.7 Å². The quantitative estimate of drug-likeness (QED) is 0.205. The highest BCUT2D eigenvalue weighted by Crippen LogP contribution is 2.22. The minimum atomic E-state index is -2.71. The van der Waals surface area contributed by atoms with Crippen molar-refractivity contribution in [2.75, 3.05) is 0 Å². The van der Waals surface area contributed by atoms with Gasteiger partial charge in [-0.25, -0.2) is 0 Å². The molecule has 2 atom stereocenters. The third kappa shape index (κ3) is 15.3. The molecule has 2 aromatic carbocycles.